The van der Waals surface area contributed by atoms with Gasteiger partial charge in [0, 0.05) is 10.7 Å². The van der Waals surface area contributed by atoms with Gasteiger partial charge in [-0.25, -0.2) is 4.79 Å². The third-order valence-corrected chi connectivity index (χ3v) is 3.32. The second-order valence-electron chi connectivity index (χ2n) is 4.59. The minimum atomic E-state index is -4.54. The largest absolute Gasteiger partial charge is 0.418 e. The monoisotopic (exact) mass is 328 g/mol. The predicted molar refractivity (Wildman–Crippen MR) is 80.3 cm³/mol. The summed E-state index contributed by atoms with van der Waals surface area (Å²) in [6, 6.07) is 8.79. The van der Waals surface area contributed by atoms with Crippen molar-refractivity contribution < 1.29 is 18.0 Å². The van der Waals surface area contributed by atoms with Gasteiger partial charge in [0.25, 0.3) is 0 Å². The summed E-state index contributed by atoms with van der Waals surface area (Å²) >= 11 is 5.92. The van der Waals surface area contributed by atoms with E-state index >= 15 is 0 Å². The lowest BCUT2D eigenvalue weighted by Gasteiger charge is -2.14. The van der Waals surface area contributed by atoms with Gasteiger partial charge in [-0.15, -0.1) is 0 Å². The lowest BCUT2D eigenvalue weighted by Crippen LogP contribution is -2.21. The molecule has 0 fully saturated rings. The first-order valence-corrected chi connectivity index (χ1v) is 6.65. The van der Waals surface area contributed by atoms with Crippen LogP contribution in [0.3, 0.4) is 0 Å². The van der Waals surface area contributed by atoms with Crippen molar-refractivity contribution in [1.82, 2.24) is 0 Å². The fraction of sp³-hybridized carbons (Fsp3) is 0.133. The molecule has 2 aromatic carbocycles. The molecule has 2 amide bonds. The van der Waals surface area contributed by atoms with E-state index in [9.17, 15) is 18.0 Å². The maximum Gasteiger partial charge on any atom is 0.418 e. The average molecular weight is 329 g/mol. The van der Waals surface area contributed by atoms with Crippen molar-refractivity contribution in [2.45, 2.75) is 13.1 Å². The molecule has 0 saturated carbocycles. The fourth-order valence-electron chi connectivity index (χ4n) is 1.79. The number of hydrogen-bond acceptors (Lipinski definition) is 1. The Labute approximate surface area is 130 Å². The summed E-state index contributed by atoms with van der Waals surface area (Å²) in [6.45, 7) is 1.80. The fourth-order valence-corrected chi connectivity index (χ4v) is 1.98. The molecule has 7 heteroatoms. The van der Waals surface area contributed by atoms with E-state index in [0.717, 1.165) is 11.6 Å². The highest BCUT2D eigenvalue weighted by Gasteiger charge is 2.33. The molecule has 3 nitrogen and oxygen atoms in total. The number of carbonyl (C=O) groups excluding carboxylic acids is 1. The predicted octanol–water partition coefficient (Wildman–Crippen LogP) is 5.31. The van der Waals surface area contributed by atoms with Crippen molar-refractivity contribution in [2.75, 3.05) is 10.6 Å². The van der Waals surface area contributed by atoms with Crippen molar-refractivity contribution in [1.29, 1.82) is 0 Å². The zero-order chi connectivity index (χ0) is 16.3. The molecule has 0 bridgehead atoms. The first-order valence-electron chi connectivity index (χ1n) is 6.28. The zero-order valence-electron chi connectivity index (χ0n) is 11.5. The molecule has 2 N–H and O–H groups in total. The van der Waals surface area contributed by atoms with E-state index in [1.807, 2.05) is 0 Å². The molecule has 0 saturated heterocycles. The first-order chi connectivity index (χ1) is 10.3. The number of rotatable bonds is 2. The van der Waals surface area contributed by atoms with Gasteiger partial charge in [-0.1, -0.05) is 29.8 Å². The smallest absolute Gasteiger partial charge is 0.308 e. The number of anilines is 2. The number of urea groups is 1. The van der Waals surface area contributed by atoms with Gasteiger partial charge in [-0.05, 0) is 36.8 Å². The summed E-state index contributed by atoms with van der Waals surface area (Å²) in [6.07, 6.45) is -4.54. The molecule has 0 heterocycles. The maximum absolute atomic E-state index is 12.8. The highest BCUT2D eigenvalue weighted by atomic mass is 35.5. The maximum atomic E-state index is 12.8. The molecule has 0 aliphatic heterocycles. The van der Waals surface area contributed by atoms with Gasteiger partial charge in [0.2, 0.25) is 0 Å². The van der Waals surface area contributed by atoms with Crippen LogP contribution in [0.1, 0.15) is 11.1 Å². The van der Waals surface area contributed by atoms with Crippen molar-refractivity contribution in [3.8, 4) is 0 Å². The van der Waals surface area contributed by atoms with E-state index in [4.69, 9.17) is 11.6 Å². The Balaban J connectivity index is 2.14. The second kappa shape index (κ2) is 6.27. The van der Waals surface area contributed by atoms with Gasteiger partial charge in [0.15, 0.2) is 0 Å². The number of nitrogens with one attached hydrogen (secondary N) is 2. The number of benzene rings is 2. The number of para-hydroxylation sites is 1. The number of aryl methyl sites for hydroxylation is 1. The van der Waals surface area contributed by atoms with Crippen LogP contribution in [-0.2, 0) is 6.18 Å². The Morgan fingerprint density at radius 1 is 1.09 bits per heavy atom. The van der Waals surface area contributed by atoms with Gasteiger partial charge in [-0.2, -0.15) is 13.2 Å². The molecule has 0 atom stereocenters. The Hall–Kier alpha value is -2.21. The number of amides is 2. The summed E-state index contributed by atoms with van der Waals surface area (Å²) in [5.74, 6) is 0. The number of carbonyl (C=O) groups is 1. The highest BCUT2D eigenvalue weighted by molar-refractivity contribution is 6.31. The van der Waals surface area contributed by atoms with E-state index in [-0.39, 0.29) is 5.69 Å². The van der Waals surface area contributed by atoms with Crippen molar-refractivity contribution in [2.24, 2.45) is 0 Å². The Morgan fingerprint density at radius 2 is 1.77 bits per heavy atom. The molecule has 0 aliphatic carbocycles. The minimum Gasteiger partial charge on any atom is -0.308 e. The van der Waals surface area contributed by atoms with Crippen LogP contribution >= 0.6 is 11.6 Å². The van der Waals surface area contributed by atoms with Gasteiger partial charge in [0.1, 0.15) is 0 Å². The van der Waals surface area contributed by atoms with Gasteiger partial charge in [-0.3, -0.25) is 0 Å². The Kier molecular flexibility index (Phi) is 4.61. The van der Waals surface area contributed by atoms with Crippen molar-refractivity contribution in [3.63, 3.8) is 0 Å². The number of hydrogen-bond donors (Lipinski definition) is 2. The molecular formula is C15H12ClF3N2O. The normalized spacial score (nSPS) is 11.1. The van der Waals surface area contributed by atoms with Gasteiger partial charge in [0.05, 0.1) is 11.3 Å². The zero-order valence-corrected chi connectivity index (χ0v) is 12.2. The number of alkyl halides is 3. The van der Waals surface area contributed by atoms with E-state index in [1.165, 1.54) is 24.3 Å². The topological polar surface area (TPSA) is 41.1 Å². The van der Waals surface area contributed by atoms with Crippen LogP contribution in [-0.4, -0.2) is 6.03 Å². The van der Waals surface area contributed by atoms with E-state index < -0.39 is 17.8 Å². The van der Waals surface area contributed by atoms with Gasteiger partial charge < -0.3 is 10.6 Å². The Morgan fingerprint density at radius 3 is 2.41 bits per heavy atom. The van der Waals surface area contributed by atoms with Crippen LogP contribution in [0.5, 0.6) is 0 Å². The second-order valence-corrected chi connectivity index (χ2v) is 4.99. The third kappa shape index (κ3) is 3.92. The first kappa shape index (κ1) is 16.2. The van der Waals surface area contributed by atoms with E-state index in [2.05, 4.69) is 10.6 Å². The standard InChI is InChI=1S/C15H12ClF3N2O/c1-9-6-7-10(8-12(9)16)20-14(22)21-13-5-3-2-4-11(13)15(17,18)19/h2-8H,1H3,(H2,20,21,22). The van der Waals surface area contributed by atoms with E-state index in [0.29, 0.717) is 10.7 Å². The van der Waals surface area contributed by atoms with Crippen molar-refractivity contribution in [3.05, 3.63) is 58.6 Å². The average Bonchev–Trinajstić information content (AvgIpc) is 2.42. The SMILES string of the molecule is Cc1ccc(NC(=O)Nc2ccccc2C(F)(F)F)cc1Cl. The molecule has 116 valence electrons. The van der Waals surface area contributed by atoms with Crippen LogP contribution in [0.4, 0.5) is 29.3 Å². The van der Waals surface area contributed by atoms with Crippen LogP contribution in [0.2, 0.25) is 5.02 Å². The van der Waals surface area contributed by atoms with E-state index in [1.54, 1.807) is 19.1 Å². The summed E-state index contributed by atoms with van der Waals surface area (Å²) in [4.78, 5) is 11.8. The minimum absolute atomic E-state index is 0.314. The molecule has 2 aromatic rings. The summed E-state index contributed by atoms with van der Waals surface area (Å²) in [5, 5.41) is 5.07. The van der Waals surface area contributed by atoms with Gasteiger partial charge >= 0.3 is 12.2 Å². The highest BCUT2D eigenvalue weighted by Crippen LogP contribution is 2.34. The molecule has 2 rings (SSSR count). The lowest BCUT2D eigenvalue weighted by atomic mass is 10.1. The Bertz CT molecular complexity index is 701. The summed E-state index contributed by atoms with van der Waals surface area (Å²) in [7, 11) is 0. The van der Waals surface area contributed by atoms with Crippen molar-refractivity contribution >= 4 is 29.0 Å². The van der Waals surface area contributed by atoms with Crippen LogP contribution < -0.4 is 10.6 Å². The molecule has 0 aliphatic rings. The third-order valence-electron chi connectivity index (χ3n) is 2.91. The summed E-state index contributed by atoms with van der Waals surface area (Å²) in [5.41, 5.74) is -0.00886. The molecule has 0 radical (unpaired) electrons. The van der Waals surface area contributed by atoms with Crippen LogP contribution in [0.15, 0.2) is 42.5 Å². The number of halogens is 4. The van der Waals surface area contributed by atoms with Crippen LogP contribution in [0.25, 0.3) is 0 Å². The lowest BCUT2D eigenvalue weighted by molar-refractivity contribution is -0.136. The summed E-state index contributed by atoms with van der Waals surface area (Å²) < 4.78 is 38.5. The molecule has 0 spiro atoms. The molecule has 0 aromatic heterocycles. The molecule has 22 heavy (non-hydrogen) atoms. The quantitative estimate of drug-likeness (QED) is 0.770. The molecular weight excluding hydrogens is 317 g/mol. The molecule has 0 unspecified atom stereocenters. The van der Waals surface area contributed by atoms with Crippen LogP contribution in [0, 0.1) is 6.92 Å².